The van der Waals surface area contributed by atoms with E-state index in [-0.39, 0.29) is 12.5 Å². The van der Waals surface area contributed by atoms with Crippen LogP contribution in [-0.4, -0.2) is 17.7 Å². The highest BCUT2D eigenvalue weighted by Gasteiger charge is 2.17. The van der Waals surface area contributed by atoms with E-state index in [0.717, 1.165) is 18.5 Å². The van der Waals surface area contributed by atoms with Crippen molar-refractivity contribution in [3.05, 3.63) is 30.3 Å². The number of hydrogen-bond acceptors (Lipinski definition) is 2. The molecule has 1 rings (SSSR count). The molecule has 134 valence electrons. The van der Waals surface area contributed by atoms with E-state index in [1.54, 1.807) is 0 Å². The van der Waals surface area contributed by atoms with Crippen LogP contribution >= 0.6 is 11.6 Å². The Morgan fingerprint density at radius 1 is 0.875 bits per heavy atom. The van der Waals surface area contributed by atoms with Crippen molar-refractivity contribution in [3.8, 4) is 0 Å². The van der Waals surface area contributed by atoms with Crippen molar-refractivity contribution in [3.63, 3.8) is 0 Å². The van der Waals surface area contributed by atoms with Crippen LogP contribution in [0, 0.1) is 0 Å². The van der Waals surface area contributed by atoms with Crippen LogP contribution in [0.2, 0.25) is 0 Å². The maximum atomic E-state index is 12.4. The van der Waals surface area contributed by atoms with Crippen LogP contribution in [-0.2, 0) is 9.59 Å². The molecule has 4 heteroatoms. The number of rotatable bonds is 13. The predicted octanol–water partition coefficient (Wildman–Crippen LogP) is 5.71. The number of anilines is 1. The van der Waals surface area contributed by atoms with Crippen molar-refractivity contribution in [1.29, 1.82) is 0 Å². The first-order valence-electron chi connectivity index (χ1n) is 9.19. The summed E-state index contributed by atoms with van der Waals surface area (Å²) in [4.78, 5) is 25.1. The van der Waals surface area contributed by atoms with E-state index in [2.05, 4.69) is 6.92 Å². The van der Waals surface area contributed by atoms with Crippen LogP contribution in [0.5, 0.6) is 0 Å². The van der Waals surface area contributed by atoms with Gasteiger partial charge in [0.1, 0.15) is 0 Å². The van der Waals surface area contributed by atoms with Crippen molar-refractivity contribution in [1.82, 2.24) is 0 Å². The summed E-state index contributed by atoms with van der Waals surface area (Å²) >= 11 is 5.49. The SMILES string of the molecule is CCCCCCCCCCCC(=O)N(CC(=O)Cl)c1ccccc1. The van der Waals surface area contributed by atoms with Gasteiger partial charge in [0.15, 0.2) is 0 Å². The topological polar surface area (TPSA) is 37.4 Å². The maximum Gasteiger partial charge on any atom is 0.241 e. The number of halogens is 1. The van der Waals surface area contributed by atoms with Crippen molar-refractivity contribution < 1.29 is 9.59 Å². The molecule has 0 saturated carbocycles. The van der Waals surface area contributed by atoms with Gasteiger partial charge in [0, 0.05) is 12.1 Å². The Labute approximate surface area is 151 Å². The van der Waals surface area contributed by atoms with Crippen LogP contribution in [0.25, 0.3) is 0 Å². The molecule has 24 heavy (non-hydrogen) atoms. The average molecular weight is 352 g/mol. The molecule has 0 aliphatic heterocycles. The van der Waals surface area contributed by atoms with Crippen molar-refractivity contribution in [2.24, 2.45) is 0 Å². The highest BCUT2D eigenvalue weighted by molar-refractivity contribution is 6.64. The first-order valence-corrected chi connectivity index (χ1v) is 9.56. The summed E-state index contributed by atoms with van der Waals surface area (Å²) < 4.78 is 0. The van der Waals surface area contributed by atoms with Crippen LogP contribution < -0.4 is 4.90 Å². The maximum absolute atomic E-state index is 12.4. The van der Waals surface area contributed by atoms with Gasteiger partial charge >= 0.3 is 0 Å². The van der Waals surface area contributed by atoms with Crippen LogP contribution in [0.3, 0.4) is 0 Å². The quantitative estimate of drug-likeness (QED) is 0.337. The fraction of sp³-hybridized carbons (Fsp3) is 0.600. The van der Waals surface area contributed by atoms with Gasteiger partial charge < -0.3 is 4.90 Å². The molecule has 3 nitrogen and oxygen atoms in total. The molecule has 0 bridgehead atoms. The number of unbranched alkanes of at least 4 members (excludes halogenated alkanes) is 8. The summed E-state index contributed by atoms with van der Waals surface area (Å²) in [5.41, 5.74) is 0.729. The Morgan fingerprint density at radius 2 is 1.42 bits per heavy atom. The van der Waals surface area contributed by atoms with Gasteiger partial charge in [0.25, 0.3) is 0 Å². The predicted molar refractivity (Wildman–Crippen MR) is 101 cm³/mol. The summed E-state index contributed by atoms with van der Waals surface area (Å²) in [7, 11) is 0. The fourth-order valence-corrected chi connectivity index (χ4v) is 2.90. The standard InChI is InChI=1S/C20H30ClNO2/c1-2-3-4-5-6-7-8-9-13-16-20(24)22(17-19(21)23)18-14-11-10-12-15-18/h10-12,14-15H,2-9,13,16-17H2,1H3. The molecule has 1 aromatic carbocycles. The lowest BCUT2D eigenvalue weighted by Gasteiger charge is -2.21. The molecule has 0 fully saturated rings. The second-order valence-electron chi connectivity index (χ2n) is 6.25. The third-order valence-electron chi connectivity index (χ3n) is 4.15. The third-order valence-corrected chi connectivity index (χ3v) is 4.27. The van der Waals surface area contributed by atoms with Gasteiger partial charge in [-0.05, 0) is 30.2 Å². The zero-order valence-electron chi connectivity index (χ0n) is 14.8. The van der Waals surface area contributed by atoms with Gasteiger partial charge in [-0.2, -0.15) is 0 Å². The highest BCUT2D eigenvalue weighted by Crippen LogP contribution is 2.17. The summed E-state index contributed by atoms with van der Waals surface area (Å²) in [5.74, 6) is -0.0295. The first-order chi connectivity index (χ1) is 11.6. The second kappa shape index (κ2) is 13.0. The molecule has 0 aromatic heterocycles. The van der Waals surface area contributed by atoms with Crippen LogP contribution in [0.15, 0.2) is 30.3 Å². The monoisotopic (exact) mass is 351 g/mol. The Morgan fingerprint density at radius 3 is 1.96 bits per heavy atom. The minimum Gasteiger partial charge on any atom is -0.304 e. The van der Waals surface area contributed by atoms with Gasteiger partial charge in [-0.25, -0.2) is 0 Å². The van der Waals surface area contributed by atoms with E-state index >= 15 is 0 Å². The smallest absolute Gasteiger partial charge is 0.241 e. The molecular weight excluding hydrogens is 322 g/mol. The largest absolute Gasteiger partial charge is 0.304 e. The van der Waals surface area contributed by atoms with Gasteiger partial charge in [0.05, 0.1) is 6.54 Å². The minimum atomic E-state index is -0.515. The molecule has 0 aliphatic rings. The van der Waals surface area contributed by atoms with Crippen molar-refractivity contribution >= 4 is 28.4 Å². The van der Waals surface area contributed by atoms with Crippen molar-refractivity contribution in [2.75, 3.05) is 11.4 Å². The Kier molecular flexibility index (Phi) is 11.2. The minimum absolute atomic E-state index is 0.0295. The van der Waals surface area contributed by atoms with E-state index in [1.807, 2.05) is 30.3 Å². The number of benzene rings is 1. The zero-order chi connectivity index (χ0) is 17.6. The second-order valence-corrected chi connectivity index (χ2v) is 6.67. The summed E-state index contributed by atoms with van der Waals surface area (Å²) in [6.07, 6.45) is 11.4. The van der Waals surface area contributed by atoms with E-state index in [4.69, 9.17) is 11.6 Å². The van der Waals surface area contributed by atoms with E-state index in [0.29, 0.717) is 6.42 Å². The third kappa shape index (κ3) is 9.07. The molecule has 0 unspecified atom stereocenters. The molecule has 1 aromatic rings. The van der Waals surface area contributed by atoms with Gasteiger partial charge in [0.2, 0.25) is 11.1 Å². The molecule has 0 radical (unpaired) electrons. The molecule has 0 saturated heterocycles. The number of carbonyl (C=O) groups is 2. The Bertz CT molecular complexity index is 476. The fourth-order valence-electron chi connectivity index (χ4n) is 2.78. The molecule has 0 aliphatic carbocycles. The average Bonchev–Trinajstić information content (AvgIpc) is 2.58. The van der Waals surface area contributed by atoms with Gasteiger partial charge in [-0.15, -0.1) is 0 Å². The zero-order valence-corrected chi connectivity index (χ0v) is 15.6. The number of hydrogen-bond donors (Lipinski definition) is 0. The van der Waals surface area contributed by atoms with Gasteiger partial charge in [-0.1, -0.05) is 76.5 Å². The Balaban J connectivity index is 2.27. The van der Waals surface area contributed by atoms with Crippen molar-refractivity contribution in [2.45, 2.75) is 71.1 Å². The lowest BCUT2D eigenvalue weighted by atomic mass is 10.1. The number of amides is 1. The van der Waals surface area contributed by atoms with Gasteiger partial charge in [-0.3, -0.25) is 9.59 Å². The lowest BCUT2D eigenvalue weighted by molar-refractivity contribution is -0.120. The molecular formula is C20H30ClNO2. The number of nitrogens with zero attached hydrogens (tertiary/aromatic N) is 1. The van der Waals surface area contributed by atoms with Crippen LogP contribution in [0.1, 0.15) is 71.1 Å². The van der Waals surface area contributed by atoms with E-state index in [9.17, 15) is 9.59 Å². The Hall–Kier alpha value is -1.35. The van der Waals surface area contributed by atoms with Crippen LogP contribution in [0.4, 0.5) is 5.69 Å². The highest BCUT2D eigenvalue weighted by atomic mass is 35.5. The molecule has 1 amide bonds. The molecule has 0 spiro atoms. The molecule has 0 atom stereocenters. The summed E-state index contributed by atoms with van der Waals surface area (Å²) in [5, 5.41) is -0.515. The normalized spacial score (nSPS) is 10.6. The first kappa shape index (κ1) is 20.7. The summed E-state index contributed by atoms with van der Waals surface area (Å²) in [6.45, 7) is 2.16. The summed E-state index contributed by atoms with van der Waals surface area (Å²) in [6, 6.07) is 9.25. The number of para-hydroxylation sites is 1. The lowest BCUT2D eigenvalue weighted by Crippen LogP contribution is -2.34. The van der Waals surface area contributed by atoms with E-state index < -0.39 is 5.24 Å². The number of carbonyl (C=O) groups excluding carboxylic acids is 2. The molecule has 0 heterocycles. The molecule has 0 N–H and O–H groups in total. The van der Waals surface area contributed by atoms with E-state index in [1.165, 1.54) is 49.8 Å².